The van der Waals surface area contributed by atoms with E-state index in [1.807, 2.05) is 0 Å². The second kappa shape index (κ2) is 12.7. The second-order valence-corrected chi connectivity index (χ2v) is 8.44. The average molecular weight is 560 g/mol. The van der Waals surface area contributed by atoms with Gasteiger partial charge in [-0.2, -0.15) is 0 Å². The van der Waals surface area contributed by atoms with Crippen molar-refractivity contribution in [1.29, 1.82) is 0 Å². The Morgan fingerprint density at radius 3 is 1.68 bits per heavy atom. The summed E-state index contributed by atoms with van der Waals surface area (Å²) in [5.41, 5.74) is 0.0326. The van der Waals surface area contributed by atoms with E-state index in [1.54, 1.807) is 0 Å². The first-order valence-electron chi connectivity index (χ1n) is 10.7. The maximum Gasteiger partial charge on any atom is 0.349 e. The minimum Gasteiger partial charge on any atom is -0.478 e. The van der Waals surface area contributed by atoms with Crippen LogP contribution in [0.25, 0.3) is 0 Å². The van der Waals surface area contributed by atoms with Gasteiger partial charge in [-0.15, -0.1) is 0 Å². The van der Waals surface area contributed by atoms with Crippen LogP contribution in [0.2, 0.25) is 10.0 Å². The summed E-state index contributed by atoms with van der Waals surface area (Å²) in [5, 5.41) is 12.8. The monoisotopic (exact) mass is 559 g/mol. The van der Waals surface area contributed by atoms with Gasteiger partial charge in [-0.1, -0.05) is 29.3 Å². The number of carbonyl (C=O) groups is 5. The molecule has 0 unspecified atom stereocenters. The number of aliphatic carboxylic acids is 1. The van der Waals surface area contributed by atoms with E-state index in [2.05, 4.69) is 10.1 Å². The Kier molecular flexibility index (Phi) is 9.42. The molecule has 0 aliphatic rings. The van der Waals surface area contributed by atoms with E-state index in [0.717, 1.165) is 0 Å². The Labute approximate surface area is 226 Å². The summed E-state index contributed by atoms with van der Waals surface area (Å²) >= 11 is 11.6. The highest BCUT2D eigenvalue weighted by atomic mass is 35.5. The van der Waals surface area contributed by atoms with Crippen molar-refractivity contribution in [1.82, 2.24) is 0 Å². The number of benzene rings is 3. The van der Waals surface area contributed by atoms with Crippen LogP contribution in [0.4, 0.5) is 5.69 Å². The van der Waals surface area contributed by atoms with E-state index in [-0.39, 0.29) is 22.4 Å². The molecule has 1 amide bonds. The highest BCUT2D eigenvalue weighted by molar-refractivity contribution is 6.31. The number of methoxy groups -OCH3 is 1. The van der Waals surface area contributed by atoms with Gasteiger partial charge in [0.1, 0.15) is 0 Å². The molecule has 0 heterocycles. The van der Waals surface area contributed by atoms with Gasteiger partial charge in [0.2, 0.25) is 12.2 Å². The van der Waals surface area contributed by atoms with Gasteiger partial charge < -0.3 is 24.6 Å². The number of esters is 3. The smallest absolute Gasteiger partial charge is 0.349 e. The highest BCUT2D eigenvalue weighted by Crippen LogP contribution is 2.19. The van der Waals surface area contributed by atoms with E-state index >= 15 is 0 Å². The predicted octanol–water partition coefficient (Wildman–Crippen LogP) is 4.25. The van der Waals surface area contributed by atoms with E-state index in [0.29, 0.717) is 10.0 Å². The second-order valence-electron chi connectivity index (χ2n) is 7.57. The minimum absolute atomic E-state index is 0.0481. The molecule has 3 aromatic rings. The van der Waals surface area contributed by atoms with Crippen LogP contribution in [-0.4, -0.2) is 54.2 Å². The molecular formula is C26H19Cl2NO9. The molecule has 2 N–H and O–H groups in total. The SMILES string of the molecule is COC(=O)c1cccc(NC(=O)[C@H](OC(=O)c2ccc(Cl)cc2)[C@@H](OC(=O)c2ccc(Cl)cc2)C(=O)O)c1. The van der Waals surface area contributed by atoms with Crippen molar-refractivity contribution in [2.24, 2.45) is 0 Å². The van der Waals surface area contributed by atoms with Crippen molar-refractivity contribution >= 4 is 58.7 Å². The van der Waals surface area contributed by atoms with Crippen LogP contribution in [0.5, 0.6) is 0 Å². The molecule has 12 heteroatoms. The summed E-state index contributed by atoms with van der Waals surface area (Å²) in [6, 6.07) is 16.2. The van der Waals surface area contributed by atoms with Gasteiger partial charge >= 0.3 is 23.9 Å². The number of hydrogen-bond acceptors (Lipinski definition) is 8. The number of halogens is 2. The first-order chi connectivity index (χ1) is 18.1. The van der Waals surface area contributed by atoms with Crippen LogP contribution in [0.3, 0.4) is 0 Å². The molecule has 10 nitrogen and oxygen atoms in total. The first-order valence-corrected chi connectivity index (χ1v) is 11.5. The summed E-state index contributed by atoms with van der Waals surface area (Å²) in [7, 11) is 1.17. The van der Waals surface area contributed by atoms with E-state index < -0.39 is 42.0 Å². The van der Waals surface area contributed by atoms with Gasteiger partial charge in [0, 0.05) is 15.7 Å². The maximum absolute atomic E-state index is 13.2. The standard InChI is InChI=1S/C26H19Cl2NO9/c1-36-24(33)16-3-2-4-19(13-16)29-22(30)20(37-25(34)14-5-9-17(27)10-6-14)21(23(31)32)38-26(35)15-7-11-18(28)12-8-15/h2-13,20-21H,1H3,(H,29,30)(H,31,32)/t20-,21-/m1/s1. The molecule has 0 spiro atoms. The fraction of sp³-hybridized carbons (Fsp3) is 0.115. The Hall–Kier alpha value is -4.41. The number of ether oxygens (including phenoxy) is 3. The van der Waals surface area contributed by atoms with Crippen molar-refractivity contribution in [3.63, 3.8) is 0 Å². The number of anilines is 1. The molecule has 0 saturated heterocycles. The molecule has 0 saturated carbocycles. The van der Waals surface area contributed by atoms with Crippen molar-refractivity contribution in [3.05, 3.63) is 99.5 Å². The molecule has 0 fully saturated rings. The van der Waals surface area contributed by atoms with Crippen molar-refractivity contribution in [2.45, 2.75) is 12.2 Å². The third kappa shape index (κ3) is 7.31. The van der Waals surface area contributed by atoms with Crippen LogP contribution in [0, 0.1) is 0 Å². The Morgan fingerprint density at radius 1 is 0.711 bits per heavy atom. The van der Waals surface area contributed by atoms with Crippen LogP contribution in [0.1, 0.15) is 31.1 Å². The van der Waals surface area contributed by atoms with E-state index in [4.69, 9.17) is 32.7 Å². The molecule has 0 bridgehead atoms. The van der Waals surface area contributed by atoms with Gasteiger partial charge in [0.05, 0.1) is 23.8 Å². The number of nitrogens with one attached hydrogen (secondary N) is 1. The van der Waals surface area contributed by atoms with Gasteiger partial charge in [0.15, 0.2) is 0 Å². The number of carboxylic acids is 1. The number of rotatable bonds is 9. The summed E-state index contributed by atoms with van der Waals surface area (Å²) in [4.78, 5) is 62.5. The first kappa shape index (κ1) is 28.2. The van der Waals surface area contributed by atoms with Gasteiger partial charge in [-0.3, -0.25) is 4.79 Å². The third-order valence-corrected chi connectivity index (χ3v) is 5.46. The predicted molar refractivity (Wildman–Crippen MR) is 135 cm³/mol. The summed E-state index contributed by atoms with van der Waals surface area (Å²) in [5.74, 6) is -5.79. The highest BCUT2D eigenvalue weighted by Gasteiger charge is 2.41. The Morgan fingerprint density at radius 2 is 1.21 bits per heavy atom. The zero-order valence-electron chi connectivity index (χ0n) is 19.6. The summed E-state index contributed by atoms with van der Waals surface area (Å²) in [6.07, 6.45) is -4.40. The molecule has 0 aromatic heterocycles. The normalized spacial score (nSPS) is 12.0. The number of carboxylic acid groups (broad SMARTS) is 1. The molecular weight excluding hydrogens is 541 g/mol. The number of hydrogen-bond donors (Lipinski definition) is 2. The third-order valence-electron chi connectivity index (χ3n) is 4.96. The molecule has 2 atom stereocenters. The zero-order valence-corrected chi connectivity index (χ0v) is 21.1. The summed E-state index contributed by atoms with van der Waals surface area (Å²) in [6.45, 7) is 0. The van der Waals surface area contributed by atoms with Crippen molar-refractivity contribution < 1.29 is 43.3 Å². The Balaban J connectivity index is 1.92. The van der Waals surface area contributed by atoms with Crippen LogP contribution in [-0.2, 0) is 23.8 Å². The van der Waals surface area contributed by atoms with Crippen molar-refractivity contribution in [3.8, 4) is 0 Å². The molecule has 0 aliphatic carbocycles. The van der Waals surface area contributed by atoms with Gasteiger partial charge in [-0.25, -0.2) is 19.2 Å². The van der Waals surface area contributed by atoms with E-state index in [9.17, 15) is 29.1 Å². The van der Waals surface area contributed by atoms with Crippen molar-refractivity contribution in [2.75, 3.05) is 12.4 Å². The lowest BCUT2D eigenvalue weighted by Crippen LogP contribution is -2.48. The van der Waals surface area contributed by atoms with E-state index in [1.165, 1.54) is 79.9 Å². The minimum atomic E-state index is -2.25. The molecule has 0 aliphatic heterocycles. The quantitative estimate of drug-likeness (QED) is 0.290. The Bertz CT molecular complexity index is 1360. The zero-order chi connectivity index (χ0) is 27.8. The number of carbonyl (C=O) groups excluding carboxylic acids is 4. The average Bonchev–Trinajstić information content (AvgIpc) is 2.90. The fourth-order valence-electron chi connectivity index (χ4n) is 3.09. The fourth-order valence-corrected chi connectivity index (χ4v) is 3.34. The van der Waals surface area contributed by atoms with Crippen LogP contribution < -0.4 is 5.32 Å². The van der Waals surface area contributed by atoms with Crippen LogP contribution in [0.15, 0.2) is 72.8 Å². The molecule has 0 radical (unpaired) electrons. The topological polar surface area (TPSA) is 145 Å². The largest absolute Gasteiger partial charge is 0.478 e. The maximum atomic E-state index is 13.2. The lowest BCUT2D eigenvalue weighted by molar-refractivity contribution is -0.157. The van der Waals surface area contributed by atoms with Crippen LogP contribution >= 0.6 is 23.2 Å². The van der Waals surface area contributed by atoms with Gasteiger partial charge in [0.25, 0.3) is 5.91 Å². The lowest BCUT2D eigenvalue weighted by Gasteiger charge is -2.23. The summed E-state index contributed by atoms with van der Waals surface area (Å²) < 4.78 is 14.9. The number of amides is 1. The molecule has 196 valence electrons. The molecule has 38 heavy (non-hydrogen) atoms. The molecule has 3 rings (SSSR count). The lowest BCUT2D eigenvalue weighted by atomic mass is 10.1. The van der Waals surface area contributed by atoms with Gasteiger partial charge in [-0.05, 0) is 66.7 Å². The molecule has 3 aromatic carbocycles.